The number of rotatable bonds is 7. The van der Waals surface area contributed by atoms with Crippen LogP contribution in [0.15, 0.2) is 47.3 Å². The largest absolute Gasteiger partial charge is 0.492 e. The van der Waals surface area contributed by atoms with Crippen LogP contribution in [0.3, 0.4) is 0 Å². The number of ether oxygens (including phenoxy) is 1. The number of carbonyl (C=O) groups is 1. The Morgan fingerprint density at radius 1 is 1.17 bits per heavy atom. The van der Waals surface area contributed by atoms with Gasteiger partial charge in [-0.3, -0.25) is 9.59 Å². The summed E-state index contributed by atoms with van der Waals surface area (Å²) in [4.78, 5) is 24.1. The first-order valence-corrected chi connectivity index (χ1v) is 8.04. The van der Waals surface area contributed by atoms with Crippen LogP contribution in [-0.2, 0) is 6.54 Å². The Bertz CT molecular complexity index is 726. The molecule has 2 aromatic rings. The topological polar surface area (TPSA) is 73.2 Å². The third kappa shape index (κ3) is 4.94. The maximum Gasteiger partial charge on any atom is 0.271 e. The number of amides is 1. The maximum absolute atomic E-state index is 12.2. The number of carbonyl (C=O) groups excluding carboxylic acids is 1. The fraction of sp³-hybridized carbons (Fsp3) is 0.389. The van der Waals surface area contributed by atoms with Crippen molar-refractivity contribution in [1.82, 2.24) is 15.1 Å². The molecular weight excluding hydrogens is 306 g/mol. The van der Waals surface area contributed by atoms with E-state index in [0.29, 0.717) is 12.5 Å². The Morgan fingerprint density at radius 2 is 1.88 bits per heavy atom. The summed E-state index contributed by atoms with van der Waals surface area (Å²) in [6.07, 6.45) is 0. The van der Waals surface area contributed by atoms with Gasteiger partial charge < -0.3 is 10.1 Å². The Morgan fingerprint density at radius 3 is 2.54 bits per heavy atom. The second-order valence-corrected chi connectivity index (χ2v) is 5.95. The van der Waals surface area contributed by atoms with Crippen LogP contribution in [0.2, 0.25) is 0 Å². The molecule has 0 bridgehead atoms. The monoisotopic (exact) mass is 329 g/mol. The molecule has 0 aliphatic carbocycles. The van der Waals surface area contributed by atoms with Crippen molar-refractivity contribution >= 4 is 5.91 Å². The van der Waals surface area contributed by atoms with Crippen molar-refractivity contribution in [2.45, 2.75) is 33.4 Å². The molecule has 0 spiro atoms. The standard InChI is InChI=1S/C18H23N3O3/c1-13(2)14(3)19-18(23)16-9-10-17(22)21(20-16)11-12-24-15-7-5-4-6-8-15/h4-10,13-14H,11-12H2,1-3H3,(H,19,23)/t14-/m0/s1. The minimum absolute atomic E-state index is 0.0288. The smallest absolute Gasteiger partial charge is 0.271 e. The lowest BCUT2D eigenvalue weighted by molar-refractivity contribution is 0.0922. The summed E-state index contributed by atoms with van der Waals surface area (Å²) in [7, 11) is 0. The first-order valence-electron chi connectivity index (χ1n) is 8.04. The Labute approximate surface area is 141 Å². The molecule has 1 aromatic carbocycles. The van der Waals surface area contributed by atoms with Crippen molar-refractivity contribution in [3.8, 4) is 5.75 Å². The number of aromatic nitrogens is 2. The number of nitrogens with zero attached hydrogens (tertiary/aromatic N) is 2. The molecule has 1 atom stereocenters. The van der Waals surface area contributed by atoms with Crippen molar-refractivity contribution < 1.29 is 9.53 Å². The van der Waals surface area contributed by atoms with Crippen LogP contribution in [0.25, 0.3) is 0 Å². The number of benzene rings is 1. The number of hydrogen-bond donors (Lipinski definition) is 1. The first kappa shape index (κ1) is 17.7. The van der Waals surface area contributed by atoms with Gasteiger partial charge in [-0.2, -0.15) is 5.10 Å². The predicted molar refractivity (Wildman–Crippen MR) is 92.2 cm³/mol. The molecule has 0 fully saturated rings. The second-order valence-electron chi connectivity index (χ2n) is 5.95. The SMILES string of the molecule is CC(C)[C@H](C)NC(=O)c1ccc(=O)n(CCOc2ccccc2)n1. The second kappa shape index (κ2) is 8.29. The van der Waals surface area contributed by atoms with E-state index in [4.69, 9.17) is 4.74 Å². The van der Waals surface area contributed by atoms with Crippen LogP contribution in [0.1, 0.15) is 31.3 Å². The fourth-order valence-corrected chi connectivity index (χ4v) is 1.94. The maximum atomic E-state index is 12.2. The highest BCUT2D eigenvalue weighted by atomic mass is 16.5. The van der Waals surface area contributed by atoms with Gasteiger partial charge in [-0.15, -0.1) is 0 Å². The summed E-state index contributed by atoms with van der Waals surface area (Å²) in [6, 6.07) is 12.2. The summed E-state index contributed by atoms with van der Waals surface area (Å²) in [5.41, 5.74) is -0.0399. The molecule has 0 saturated heterocycles. The van der Waals surface area contributed by atoms with Crippen LogP contribution in [0, 0.1) is 5.92 Å². The molecule has 0 aliphatic heterocycles. The summed E-state index contributed by atoms with van der Waals surface area (Å²) < 4.78 is 6.81. The van der Waals surface area contributed by atoms with Gasteiger partial charge in [0.2, 0.25) is 0 Å². The average molecular weight is 329 g/mol. The minimum Gasteiger partial charge on any atom is -0.492 e. The van der Waals surface area contributed by atoms with Gasteiger partial charge in [0.15, 0.2) is 0 Å². The molecule has 128 valence electrons. The summed E-state index contributed by atoms with van der Waals surface area (Å²) in [5, 5.41) is 7.00. The van der Waals surface area contributed by atoms with E-state index in [0.717, 1.165) is 5.75 Å². The molecule has 0 radical (unpaired) electrons. The lowest BCUT2D eigenvalue weighted by Gasteiger charge is -2.17. The van der Waals surface area contributed by atoms with E-state index in [9.17, 15) is 9.59 Å². The van der Waals surface area contributed by atoms with Crippen LogP contribution in [-0.4, -0.2) is 28.3 Å². The molecule has 0 unspecified atom stereocenters. The fourth-order valence-electron chi connectivity index (χ4n) is 1.94. The zero-order valence-corrected chi connectivity index (χ0v) is 14.2. The zero-order chi connectivity index (χ0) is 17.5. The Kier molecular flexibility index (Phi) is 6.12. The van der Waals surface area contributed by atoms with Crippen LogP contribution in [0.4, 0.5) is 0 Å². The van der Waals surface area contributed by atoms with Crippen LogP contribution >= 0.6 is 0 Å². The lowest BCUT2D eigenvalue weighted by Crippen LogP contribution is -2.38. The van der Waals surface area contributed by atoms with Gasteiger partial charge in [0.05, 0.1) is 6.54 Å². The highest BCUT2D eigenvalue weighted by molar-refractivity contribution is 5.92. The number of nitrogens with one attached hydrogen (secondary N) is 1. The van der Waals surface area contributed by atoms with Crippen molar-refractivity contribution in [2.24, 2.45) is 5.92 Å². The van der Waals surface area contributed by atoms with Gasteiger partial charge in [0.1, 0.15) is 18.1 Å². The molecule has 1 aromatic heterocycles. The number of hydrogen-bond acceptors (Lipinski definition) is 4. The van der Waals surface area contributed by atoms with Crippen LogP contribution < -0.4 is 15.6 Å². The van der Waals surface area contributed by atoms with E-state index < -0.39 is 0 Å². The van der Waals surface area contributed by atoms with E-state index in [1.54, 1.807) is 0 Å². The molecule has 1 N–H and O–H groups in total. The molecular formula is C18H23N3O3. The Balaban J connectivity index is 2.00. The summed E-state index contributed by atoms with van der Waals surface area (Å²) >= 11 is 0. The molecule has 0 saturated carbocycles. The highest BCUT2D eigenvalue weighted by Crippen LogP contribution is 2.07. The zero-order valence-electron chi connectivity index (χ0n) is 14.2. The highest BCUT2D eigenvalue weighted by Gasteiger charge is 2.14. The summed E-state index contributed by atoms with van der Waals surface area (Å²) in [6.45, 7) is 6.56. The molecule has 6 nitrogen and oxygen atoms in total. The van der Waals surface area contributed by atoms with E-state index in [-0.39, 0.29) is 29.7 Å². The van der Waals surface area contributed by atoms with E-state index in [1.807, 2.05) is 51.1 Å². The van der Waals surface area contributed by atoms with E-state index in [2.05, 4.69) is 10.4 Å². The minimum atomic E-state index is -0.283. The third-order valence-corrected chi connectivity index (χ3v) is 3.77. The van der Waals surface area contributed by atoms with Crippen molar-refractivity contribution in [3.05, 3.63) is 58.5 Å². The molecule has 1 amide bonds. The van der Waals surface area contributed by atoms with Gasteiger partial charge in [-0.25, -0.2) is 4.68 Å². The van der Waals surface area contributed by atoms with E-state index in [1.165, 1.54) is 16.8 Å². The lowest BCUT2D eigenvalue weighted by atomic mass is 10.1. The van der Waals surface area contributed by atoms with Crippen molar-refractivity contribution in [3.63, 3.8) is 0 Å². The molecule has 0 aliphatic rings. The van der Waals surface area contributed by atoms with Crippen molar-refractivity contribution in [2.75, 3.05) is 6.61 Å². The quantitative estimate of drug-likeness (QED) is 0.844. The van der Waals surface area contributed by atoms with Crippen molar-refractivity contribution in [1.29, 1.82) is 0 Å². The van der Waals surface area contributed by atoms with Crippen LogP contribution in [0.5, 0.6) is 5.75 Å². The molecule has 2 rings (SSSR count). The Hall–Kier alpha value is -2.63. The predicted octanol–water partition coefficient (Wildman–Crippen LogP) is 2.10. The van der Waals surface area contributed by atoms with E-state index >= 15 is 0 Å². The number of para-hydroxylation sites is 1. The van der Waals surface area contributed by atoms with Gasteiger partial charge >= 0.3 is 0 Å². The third-order valence-electron chi connectivity index (χ3n) is 3.77. The van der Waals surface area contributed by atoms with Gasteiger partial charge in [0.25, 0.3) is 11.5 Å². The van der Waals surface area contributed by atoms with Gasteiger partial charge in [0, 0.05) is 12.1 Å². The average Bonchev–Trinajstić information content (AvgIpc) is 2.57. The molecule has 6 heteroatoms. The van der Waals surface area contributed by atoms with Gasteiger partial charge in [-0.05, 0) is 31.0 Å². The molecule has 24 heavy (non-hydrogen) atoms. The first-order chi connectivity index (χ1) is 11.5. The molecule has 1 heterocycles. The normalized spacial score (nSPS) is 12.0. The summed E-state index contributed by atoms with van der Waals surface area (Å²) in [5.74, 6) is 0.762. The van der Waals surface area contributed by atoms with Gasteiger partial charge in [-0.1, -0.05) is 32.0 Å².